The van der Waals surface area contributed by atoms with Crippen LogP contribution in [-0.4, -0.2) is 43.5 Å². The summed E-state index contributed by atoms with van der Waals surface area (Å²) < 4.78 is 24.6. The number of nitrogens with zero attached hydrogens (tertiary/aromatic N) is 2. The second-order valence-corrected chi connectivity index (χ2v) is 5.67. The van der Waals surface area contributed by atoms with Gasteiger partial charge in [0.05, 0.1) is 0 Å². The second-order valence-electron chi connectivity index (χ2n) is 5.67. The first-order valence-corrected chi connectivity index (χ1v) is 7.32. The van der Waals surface area contributed by atoms with Crippen LogP contribution in [0, 0.1) is 5.41 Å². The Hall–Kier alpha value is -0.140. The molecule has 0 aliphatic carbocycles. The van der Waals surface area contributed by atoms with Crippen molar-refractivity contribution in [2.45, 2.75) is 52.9 Å². The molecule has 0 amide bonds. The molecule has 1 unspecified atom stereocenters. The van der Waals surface area contributed by atoms with E-state index in [1.807, 2.05) is 6.92 Å². The number of alkyl halides is 2. The van der Waals surface area contributed by atoms with Crippen LogP contribution in [0.3, 0.4) is 0 Å². The quantitative estimate of drug-likeness (QED) is 0.430. The molecule has 120 valence electrons. The van der Waals surface area contributed by atoms with Gasteiger partial charge in [0, 0.05) is 19.6 Å². The van der Waals surface area contributed by atoms with E-state index in [-0.39, 0.29) is 29.4 Å². The van der Waals surface area contributed by atoms with E-state index < -0.39 is 13.0 Å². The fourth-order valence-corrected chi connectivity index (χ4v) is 2.89. The number of rotatable bonds is 5. The largest absolute Gasteiger partial charge is 0.357 e. The molecule has 0 spiro atoms. The lowest BCUT2D eigenvalue weighted by Crippen LogP contribution is -2.50. The highest BCUT2D eigenvalue weighted by atomic mass is 127. The van der Waals surface area contributed by atoms with Crippen molar-refractivity contribution < 1.29 is 8.78 Å². The van der Waals surface area contributed by atoms with Crippen LogP contribution in [0.1, 0.15) is 46.5 Å². The van der Waals surface area contributed by atoms with E-state index in [2.05, 4.69) is 29.1 Å². The first-order chi connectivity index (χ1) is 9.00. The van der Waals surface area contributed by atoms with Crippen molar-refractivity contribution in [1.82, 2.24) is 10.2 Å². The molecule has 1 heterocycles. The third kappa shape index (κ3) is 6.54. The van der Waals surface area contributed by atoms with Crippen LogP contribution >= 0.6 is 24.0 Å². The summed E-state index contributed by atoms with van der Waals surface area (Å²) >= 11 is 0. The summed E-state index contributed by atoms with van der Waals surface area (Å²) in [4.78, 5) is 6.19. The molecule has 0 saturated carbocycles. The smallest absolute Gasteiger partial charge is 0.257 e. The lowest BCUT2D eigenvalue weighted by Gasteiger charge is -2.42. The third-order valence-corrected chi connectivity index (χ3v) is 3.65. The molecule has 1 saturated heterocycles. The Kier molecular flexibility index (Phi) is 9.67. The zero-order valence-electron chi connectivity index (χ0n) is 12.8. The highest BCUT2D eigenvalue weighted by Gasteiger charge is 2.31. The van der Waals surface area contributed by atoms with Gasteiger partial charge in [-0.3, -0.25) is 0 Å². The summed E-state index contributed by atoms with van der Waals surface area (Å²) in [5.41, 5.74) is 0.286. The predicted octanol–water partition coefficient (Wildman–Crippen LogP) is 3.74. The fourth-order valence-electron chi connectivity index (χ4n) is 2.89. The SMILES string of the molecule is CCCC1(C)CCCN(C(=NCC(F)F)NCC)C1.I. The van der Waals surface area contributed by atoms with Crippen molar-refractivity contribution in [3.05, 3.63) is 0 Å². The van der Waals surface area contributed by atoms with Crippen LogP contribution in [0.5, 0.6) is 0 Å². The van der Waals surface area contributed by atoms with Gasteiger partial charge in [0.1, 0.15) is 6.54 Å². The van der Waals surface area contributed by atoms with E-state index in [9.17, 15) is 8.78 Å². The van der Waals surface area contributed by atoms with Gasteiger partial charge in [0.25, 0.3) is 6.43 Å². The van der Waals surface area contributed by atoms with Crippen LogP contribution in [0.25, 0.3) is 0 Å². The summed E-state index contributed by atoms with van der Waals surface area (Å²) in [5.74, 6) is 0.643. The van der Waals surface area contributed by atoms with Crippen LogP contribution in [0.15, 0.2) is 4.99 Å². The van der Waals surface area contributed by atoms with Gasteiger partial charge in [0.15, 0.2) is 5.96 Å². The number of hydrogen-bond acceptors (Lipinski definition) is 1. The first-order valence-electron chi connectivity index (χ1n) is 7.32. The topological polar surface area (TPSA) is 27.6 Å². The number of hydrogen-bond donors (Lipinski definition) is 1. The van der Waals surface area contributed by atoms with Gasteiger partial charge in [-0.1, -0.05) is 20.3 Å². The highest BCUT2D eigenvalue weighted by Crippen LogP contribution is 2.33. The van der Waals surface area contributed by atoms with Gasteiger partial charge < -0.3 is 10.2 Å². The molecule has 0 radical (unpaired) electrons. The zero-order valence-corrected chi connectivity index (χ0v) is 15.1. The minimum Gasteiger partial charge on any atom is -0.357 e. The maximum atomic E-state index is 12.3. The zero-order chi connectivity index (χ0) is 14.3. The molecule has 6 heteroatoms. The molecule has 20 heavy (non-hydrogen) atoms. The van der Waals surface area contributed by atoms with E-state index in [1.165, 1.54) is 12.8 Å². The van der Waals surface area contributed by atoms with Crippen LogP contribution in [0.2, 0.25) is 0 Å². The second kappa shape index (κ2) is 9.73. The summed E-state index contributed by atoms with van der Waals surface area (Å²) in [7, 11) is 0. The number of nitrogens with one attached hydrogen (secondary N) is 1. The monoisotopic (exact) mass is 403 g/mol. The Labute approximate surface area is 138 Å². The van der Waals surface area contributed by atoms with E-state index in [0.717, 1.165) is 25.9 Å². The number of piperidine rings is 1. The van der Waals surface area contributed by atoms with Crippen molar-refractivity contribution in [1.29, 1.82) is 0 Å². The Balaban J connectivity index is 0.00000361. The van der Waals surface area contributed by atoms with Gasteiger partial charge >= 0.3 is 0 Å². The standard InChI is InChI=1S/C14H27F2N3.HI/c1-4-7-14(3)8-6-9-19(11-14)13(17-5-2)18-10-12(15)16;/h12H,4-11H2,1-3H3,(H,17,18);1H. The molecule has 0 aromatic carbocycles. The molecule has 1 N–H and O–H groups in total. The molecule has 3 nitrogen and oxygen atoms in total. The van der Waals surface area contributed by atoms with E-state index in [0.29, 0.717) is 12.5 Å². The first kappa shape index (κ1) is 19.9. The summed E-state index contributed by atoms with van der Waals surface area (Å²) in [6.45, 7) is 8.57. The van der Waals surface area contributed by atoms with E-state index >= 15 is 0 Å². The van der Waals surface area contributed by atoms with Crippen LogP contribution in [-0.2, 0) is 0 Å². The Morgan fingerprint density at radius 1 is 1.40 bits per heavy atom. The van der Waals surface area contributed by atoms with Crippen molar-refractivity contribution in [2.24, 2.45) is 10.4 Å². The molecule has 1 fully saturated rings. The number of guanidine groups is 1. The van der Waals surface area contributed by atoms with E-state index in [4.69, 9.17) is 0 Å². The molecule has 0 aromatic rings. The normalized spacial score (nSPS) is 23.7. The molecule has 1 atom stereocenters. The average molecular weight is 403 g/mol. The molecular formula is C14H28F2IN3. The number of aliphatic imine (C=N–C) groups is 1. The van der Waals surface area contributed by atoms with Crippen LogP contribution < -0.4 is 5.32 Å². The van der Waals surface area contributed by atoms with Crippen molar-refractivity contribution in [3.8, 4) is 0 Å². The minimum atomic E-state index is -2.37. The number of halogens is 3. The molecule has 0 aromatic heterocycles. The van der Waals surface area contributed by atoms with Crippen molar-refractivity contribution in [3.63, 3.8) is 0 Å². The van der Waals surface area contributed by atoms with Gasteiger partial charge in [-0.05, 0) is 31.6 Å². The van der Waals surface area contributed by atoms with Crippen molar-refractivity contribution >= 4 is 29.9 Å². The lowest BCUT2D eigenvalue weighted by atomic mass is 9.78. The Morgan fingerprint density at radius 3 is 2.65 bits per heavy atom. The Morgan fingerprint density at radius 2 is 2.10 bits per heavy atom. The maximum absolute atomic E-state index is 12.3. The van der Waals surface area contributed by atoms with Crippen molar-refractivity contribution in [2.75, 3.05) is 26.2 Å². The van der Waals surface area contributed by atoms with Gasteiger partial charge in [-0.2, -0.15) is 0 Å². The van der Waals surface area contributed by atoms with E-state index in [1.54, 1.807) is 0 Å². The minimum absolute atomic E-state index is 0. The maximum Gasteiger partial charge on any atom is 0.257 e. The van der Waals surface area contributed by atoms with Gasteiger partial charge in [0.2, 0.25) is 0 Å². The number of likely N-dealkylation sites (tertiary alicyclic amines) is 1. The van der Waals surface area contributed by atoms with Crippen LogP contribution in [0.4, 0.5) is 8.78 Å². The molecule has 1 rings (SSSR count). The molecular weight excluding hydrogens is 375 g/mol. The molecule has 0 bridgehead atoms. The summed E-state index contributed by atoms with van der Waals surface area (Å²) in [5, 5.41) is 3.13. The molecule has 1 aliphatic rings. The highest BCUT2D eigenvalue weighted by molar-refractivity contribution is 14.0. The lowest BCUT2D eigenvalue weighted by molar-refractivity contribution is 0.139. The predicted molar refractivity (Wildman–Crippen MR) is 91.2 cm³/mol. The van der Waals surface area contributed by atoms with Gasteiger partial charge in [-0.15, -0.1) is 24.0 Å². The average Bonchev–Trinajstić information content (AvgIpc) is 2.34. The summed E-state index contributed by atoms with van der Waals surface area (Å²) in [6, 6.07) is 0. The fraction of sp³-hybridized carbons (Fsp3) is 0.929. The third-order valence-electron chi connectivity index (χ3n) is 3.65. The summed E-state index contributed by atoms with van der Waals surface area (Å²) in [6.07, 6.45) is 2.29. The van der Waals surface area contributed by atoms with Gasteiger partial charge in [-0.25, -0.2) is 13.8 Å². The Bertz CT molecular complexity index is 296. The molecule has 1 aliphatic heterocycles.